The Morgan fingerprint density at radius 3 is 2.60 bits per heavy atom. The summed E-state index contributed by atoms with van der Waals surface area (Å²) in [5, 5.41) is 1.12. The van der Waals surface area contributed by atoms with Crippen molar-refractivity contribution in [2.45, 2.75) is 20.4 Å². The minimum Gasteiger partial charge on any atom is -0.276 e. The number of para-hydroxylation sites is 1. The second kappa shape index (κ2) is 7.59. The van der Waals surface area contributed by atoms with Gasteiger partial charge in [-0.15, -0.1) is 11.3 Å². The second-order valence-corrected chi connectivity index (χ2v) is 9.13. The first-order chi connectivity index (χ1) is 14.6. The third-order valence-electron chi connectivity index (χ3n) is 4.81. The number of pyridine rings is 1. The summed E-state index contributed by atoms with van der Waals surface area (Å²) in [5.74, 6) is -0.157. The lowest BCUT2D eigenvalue weighted by atomic mass is 10.1. The van der Waals surface area contributed by atoms with Crippen molar-refractivity contribution >= 4 is 54.1 Å². The molecule has 1 amide bonds. The average Bonchev–Trinajstić information content (AvgIpc) is 3.36. The maximum Gasteiger partial charge on any atom is 0.289 e. The molecule has 2 aromatic carbocycles. The van der Waals surface area contributed by atoms with E-state index in [4.69, 9.17) is 4.98 Å². The molecule has 3 heterocycles. The first-order valence-corrected chi connectivity index (χ1v) is 11.2. The van der Waals surface area contributed by atoms with Crippen LogP contribution in [0, 0.1) is 13.8 Å². The number of carbonyl (C=O) groups excluding carboxylic acids is 1. The predicted octanol–water partition coefficient (Wildman–Crippen LogP) is 5.76. The Morgan fingerprint density at radius 2 is 1.80 bits per heavy atom. The zero-order chi connectivity index (χ0) is 20.7. The molecule has 0 aliphatic rings. The maximum atomic E-state index is 13.6. The molecule has 0 saturated carbocycles. The Labute approximate surface area is 181 Å². The summed E-state index contributed by atoms with van der Waals surface area (Å²) in [6, 6.07) is 17.7. The van der Waals surface area contributed by atoms with Crippen LogP contribution in [0.15, 0.2) is 60.8 Å². The standard InChI is InChI=1S/C23H18N4OS2/c1-14-11-15(2)20-18(12-14)26-23(30-20)27(13-16-7-5-6-10-24-16)22(28)21-25-17-8-3-4-9-19(17)29-21/h3-12H,13H2,1-2H3. The van der Waals surface area contributed by atoms with Crippen molar-refractivity contribution in [3.63, 3.8) is 0 Å². The van der Waals surface area contributed by atoms with Crippen LogP contribution in [0.2, 0.25) is 0 Å². The lowest BCUT2D eigenvalue weighted by Crippen LogP contribution is -2.30. The van der Waals surface area contributed by atoms with Crippen LogP contribution in [0.1, 0.15) is 26.6 Å². The van der Waals surface area contributed by atoms with Gasteiger partial charge in [-0.2, -0.15) is 0 Å². The fourth-order valence-corrected chi connectivity index (χ4v) is 5.37. The van der Waals surface area contributed by atoms with Gasteiger partial charge in [-0.1, -0.05) is 35.6 Å². The van der Waals surface area contributed by atoms with E-state index in [1.807, 2.05) is 42.5 Å². The lowest BCUT2D eigenvalue weighted by molar-refractivity contribution is 0.0984. The van der Waals surface area contributed by atoms with Gasteiger partial charge >= 0.3 is 0 Å². The molecule has 5 aromatic rings. The molecule has 0 saturated heterocycles. The number of benzene rings is 2. The molecule has 0 radical (unpaired) electrons. The van der Waals surface area contributed by atoms with Gasteiger partial charge in [0, 0.05) is 6.20 Å². The third kappa shape index (κ3) is 3.46. The summed E-state index contributed by atoms with van der Waals surface area (Å²) in [5.41, 5.74) is 4.87. The number of hydrogen-bond acceptors (Lipinski definition) is 6. The van der Waals surface area contributed by atoms with Crippen molar-refractivity contribution < 1.29 is 4.79 Å². The monoisotopic (exact) mass is 430 g/mol. The van der Waals surface area contributed by atoms with Gasteiger partial charge in [0.05, 0.1) is 32.7 Å². The molecular weight excluding hydrogens is 412 g/mol. The van der Waals surface area contributed by atoms with Crippen molar-refractivity contribution in [2.24, 2.45) is 0 Å². The summed E-state index contributed by atoms with van der Waals surface area (Å²) >= 11 is 2.94. The van der Waals surface area contributed by atoms with Crippen molar-refractivity contribution in [3.05, 3.63) is 82.6 Å². The second-order valence-electron chi connectivity index (χ2n) is 7.13. The van der Waals surface area contributed by atoms with Crippen molar-refractivity contribution in [2.75, 3.05) is 4.90 Å². The molecule has 7 heteroatoms. The molecule has 0 N–H and O–H groups in total. The Balaban J connectivity index is 1.61. The number of carbonyl (C=O) groups is 1. The fourth-order valence-electron chi connectivity index (χ4n) is 3.44. The van der Waals surface area contributed by atoms with Crippen LogP contribution in [0.3, 0.4) is 0 Å². The number of thiazole rings is 2. The minimum absolute atomic E-state index is 0.157. The van der Waals surface area contributed by atoms with Crippen molar-refractivity contribution in [3.8, 4) is 0 Å². The number of rotatable bonds is 4. The molecule has 3 aromatic heterocycles. The predicted molar refractivity (Wildman–Crippen MR) is 123 cm³/mol. The summed E-state index contributed by atoms with van der Waals surface area (Å²) in [6.07, 6.45) is 1.74. The maximum absolute atomic E-state index is 13.6. The molecule has 5 nitrogen and oxygen atoms in total. The Bertz CT molecular complexity index is 1340. The number of nitrogens with zero attached hydrogens (tertiary/aromatic N) is 4. The van der Waals surface area contributed by atoms with Crippen LogP contribution in [0.4, 0.5) is 5.13 Å². The van der Waals surface area contributed by atoms with E-state index < -0.39 is 0 Å². The molecule has 0 atom stereocenters. The van der Waals surface area contributed by atoms with E-state index in [2.05, 4.69) is 35.9 Å². The van der Waals surface area contributed by atoms with Gasteiger partial charge in [0.15, 0.2) is 10.1 Å². The molecule has 148 valence electrons. The van der Waals surface area contributed by atoms with E-state index in [1.165, 1.54) is 28.2 Å². The zero-order valence-electron chi connectivity index (χ0n) is 16.5. The highest BCUT2D eigenvalue weighted by Crippen LogP contribution is 2.34. The molecule has 0 aliphatic carbocycles. The molecule has 0 aliphatic heterocycles. The molecule has 0 bridgehead atoms. The average molecular weight is 431 g/mol. The van der Waals surface area contributed by atoms with Crippen LogP contribution in [0.5, 0.6) is 0 Å². The Hall–Kier alpha value is -3.16. The largest absolute Gasteiger partial charge is 0.289 e. The Morgan fingerprint density at radius 1 is 0.967 bits per heavy atom. The summed E-state index contributed by atoms with van der Waals surface area (Å²) in [6.45, 7) is 4.48. The summed E-state index contributed by atoms with van der Waals surface area (Å²) in [4.78, 5) is 29.0. The molecule has 5 rings (SSSR count). The summed E-state index contributed by atoms with van der Waals surface area (Å²) in [7, 11) is 0. The van der Waals surface area contributed by atoms with E-state index in [0.29, 0.717) is 16.7 Å². The fraction of sp³-hybridized carbons (Fsp3) is 0.130. The van der Waals surface area contributed by atoms with Crippen LogP contribution in [0.25, 0.3) is 20.4 Å². The smallest absolute Gasteiger partial charge is 0.276 e. The number of fused-ring (bicyclic) bond motifs is 2. The first kappa shape index (κ1) is 18.8. The highest BCUT2D eigenvalue weighted by molar-refractivity contribution is 7.23. The van der Waals surface area contributed by atoms with Crippen LogP contribution >= 0.6 is 22.7 Å². The van der Waals surface area contributed by atoms with E-state index in [1.54, 1.807) is 11.1 Å². The number of amides is 1. The highest BCUT2D eigenvalue weighted by atomic mass is 32.1. The number of aryl methyl sites for hydroxylation is 2. The lowest BCUT2D eigenvalue weighted by Gasteiger charge is -2.18. The number of hydrogen-bond donors (Lipinski definition) is 0. The topological polar surface area (TPSA) is 59.0 Å². The third-order valence-corrected chi connectivity index (χ3v) is 7.06. The number of aromatic nitrogens is 3. The van der Waals surface area contributed by atoms with Gasteiger partial charge in [-0.05, 0) is 55.3 Å². The van der Waals surface area contributed by atoms with Crippen molar-refractivity contribution in [1.82, 2.24) is 15.0 Å². The minimum atomic E-state index is -0.157. The molecule has 0 fully saturated rings. The van der Waals surface area contributed by atoms with Gasteiger partial charge in [-0.25, -0.2) is 9.97 Å². The van der Waals surface area contributed by atoms with Crippen LogP contribution in [-0.4, -0.2) is 20.9 Å². The summed E-state index contributed by atoms with van der Waals surface area (Å²) < 4.78 is 2.09. The van der Waals surface area contributed by atoms with Crippen LogP contribution < -0.4 is 4.90 Å². The Kier molecular flexibility index (Phi) is 4.77. The van der Waals surface area contributed by atoms with Crippen molar-refractivity contribution in [1.29, 1.82) is 0 Å². The van der Waals surface area contributed by atoms with E-state index >= 15 is 0 Å². The quantitative estimate of drug-likeness (QED) is 0.363. The van der Waals surface area contributed by atoms with E-state index in [-0.39, 0.29) is 5.91 Å². The SMILES string of the molecule is Cc1cc(C)c2sc(N(Cc3ccccn3)C(=O)c3nc4ccccc4s3)nc2c1. The molecule has 0 spiro atoms. The highest BCUT2D eigenvalue weighted by Gasteiger charge is 2.25. The normalized spacial score (nSPS) is 11.3. The number of anilines is 1. The van der Waals surface area contributed by atoms with E-state index in [9.17, 15) is 4.79 Å². The zero-order valence-corrected chi connectivity index (χ0v) is 18.1. The van der Waals surface area contributed by atoms with Gasteiger partial charge in [0.1, 0.15) is 0 Å². The van der Waals surface area contributed by atoms with Gasteiger partial charge < -0.3 is 0 Å². The first-order valence-electron chi connectivity index (χ1n) is 9.53. The molecule has 30 heavy (non-hydrogen) atoms. The molecular formula is C23H18N4OS2. The van der Waals surface area contributed by atoms with Gasteiger partial charge in [-0.3, -0.25) is 14.7 Å². The van der Waals surface area contributed by atoms with Gasteiger partial charge in [0.2, 0.25) is 0 Å². The molecule has 0 unspecified atom stereocenters. The van der Waals surface area contributed by atoms with E-state index in [0.717, 1.165) is 31.7 Å². The van der Waals surface area contributed by atoms with Crippen LogP contribution in [-0.2, 0) is 6.54 Å². The van der Waals surface area contributed by atoms with Gasteiger partial charge in [0.25, 0.3) is 5.91 Å².